The summed E-state index contributed by atoms with van der Waals surface area (Å²) in [7, 11) is 0. The average Bonchev–Trinajstić information content (AvgIpc) is 2.28. The molecule has 0 fully saturated rings. The summed E-state index contributed by atoms with van der Waals surface area (Å²) in [6.07, 6.45) is 5.77. The lowest BCUT2D eigenvalue weighted by Gasteiger charge is -1.94. The smallest absolute Gasteiger partial charge is 0.0802 e. The fourth-order valence-electron chi connectivity index (χ4n) is 1.03. The average molecular weight is 141 g/mol. The Morgan fingerprint density at radius 1 is 1.18 bits per heavy atom. The normalized spacial score (nSPS) is 12.7. The minimum Gasteiger partial charge on any atom is -0.206 e. The van der Waals surface area contributed by atoms with Gasteiger partial charge in [0.25, 0.3) is 0 Å². The third-order valence-corrected chi connectivity index (χ3v) is 1.57. The Bertz CT molecular complexity index is 355. The van der Waals surface area contributed by atoms with Crippen molar-refractivity contribution in [1.82, 2.24) is 0 Å². The fourth-order valence-corrected chi connectivity index (χ4v) is 1.03. The lowest BCUT2D eigenvalue weighted by atomic mass is 10.2. The molecule has 1 aliphatic rings. The van der Waals surface area contributed by atoms with Crippen molar-refractivity contribution in [3.63, 3.8) is 0 Å². The van der Waals surface area contributed by atoms with Gasteiger partial charge in [0.2, 0.25) is 0 Å². The Morgan fingerprint density at radius 2 is 2.09 bits per heavy atom. The molecule has 0 aliphatic carbocycles. The molecule has 0 spiro atoms. The molecule has 1 nitrogen and oxygen atoms in total. The van der Waals surface area contributed by atoms with Crippen LogP contribution in [0.2, 0.25) is 0 Å². The van der Waals surface area contributed by atoms with Crippen LogP contribution in [0.3, 0.4) is 0 Å². The van der Waals surface area contributed by atoms with Crippen molar-refractivity contribution in [1.29, 1.82) is 0 Å². The molecule has 0 radical (unpaired) electrons. The molecule has 0 bridgehead atoms. The molecule has 52 valence electrons. The maximum Gasteiger partial charge on any atom is 0.0802 e. The van der Waals surface area contributed by atoms with Crippen molar-refractivity contribution in [2.75, 3.05) is 0 Å². The molecular weight excluding hydrogens is 134 g/mol. The first-order valence-corrected chi connectivity index (χ1v) is 3.52. The van der Waals surface area contributed by atoms with Crippen LogP contribution in [0.15, 0.2) is 41.4 Å². The first kappa shape index (κ1) is 6.14. The zero-order chi connectivity index (χ0) is 7.52. The Hall–Kier alpha value is -1.59. The van der Waals surface area contributed by atoms with Crippen LogP contribution in [0.1, 0.15) is 5.56 Å². The maximum absolute atomic E-state index is 4.12. The van der Waals surface area contributed by atoms with E-state index in [1.807, 2.05) is 36.4 Å². The molecule has 2 rings (SSSR count). The summed E-state index contributed by atoms with van der Waals surface area (Å²) in [6.45, 7) is 0. The van der Waals surface area contributed by atoms with Gasteiger partial charge >= 0.3 is 0 Å². The highest BCUT2D eigenvalue weighted by Crippen LogP contribution is 2.20. The molecule has 1 heteroatoms. The molecule has 1 heterocycles. The van der Waals surface area contributed by atoms with Crippen LogP contribution in [0.4, 0.5) is 5.69 Å². The van der Waals surface area contributed by atoms with E-state index in [0.29, 0.717) is 0 Å². The van der Waals surface area contributed by atoms with E-state index in [4.69, 9.17) is 0 Å². The van der Waals surface area contributed by atoms with E-state index in [1.54, 1.807) is 6.08 Å². The summed E-state index contributed by atoms with van der Waals surface area (Å²) >= 11 is 0. The molecule has 0 aromatic heterocycles. The monoisotopic (exact) mass is 141 g/mol. The summed E-state index contributed by atoms with van der Waals surface area (Å²) in [6, 6.07) is 8.00. The third kappa shape index (κ3) is 1.14. The highest BCUT2D eigenvalue weighted by Gasteiger charge is 1.94. The van der Waals surface area contributed by atoms with Crippen molar-refractivity contribution in [2.24, 2.45) is 4.99 Å². The Balaban J connectivity index is 2.67. The van der Waals surface area contributed by atoms with E-state index in [2.05, 4.69) is 10.9 Å². The van der Waals surface area contributed by atoms with E-state index >= 15 is 0 Å². The van der Waals surface area contributed by atoms with Crippen molar-refractivity contribution >= 4 is 17.6 Å². The van der Waals surface area contributed by atoms with E-state index in [1.165, 1.54) is 0 Å². The molecule has 1 aromatic rings. The quantitative estimate of drug-likeness (QED) is 0.526. The van der Waals surface area contributed by atoms with Crippen molar-refractivity contribution in [3.05, 3.63) is 42.0 Å². The SMILES string of the molecule is C1=CC=Cc2ccccc2N=1. The van der Waals surface area contributed by atoms with Gasteiger partial charge in [0, 0.05) is 5.56 Å². The van der Waals surface area contributed by atoms with Gasteiger partial charge in [0.1, 0.15) is 0 Å². The molecule has 11 heavy (non-hydrogen) atoms. The van der Waals surface area contributed by atoms with Gasteiger partial charge in [-0.3, -0.25) is 0 Å². The van der Waals surface area contributed by atoms with E-state index in [-0.39, 0.29) is 0 Å². The topological polar surface area (TPSA) is 12.4 Å². The number of para-hydroxylation sites is 1. The first-order valence-electron chi connectivity index (χ1n) is 3.52. The maximum atomic E-state index is 4.12. The Morgan fingerprint density at radius 3 is 3.09 bits per heavy atom. The van der Waals surface area contributed by atoms with Crippen molar-refractivity contribution in [2.45, 2.75) is 0 Å². The zero-order valence-electron chi connectivity index (χ0n) is 5.99. The fraction of sp³-hybridized carbons (Fsp3) is 0. The lowest BCUT2D eigenvalue weighted by molar-refractivity contribution is 1.52. The van der Waals surface area contributed by atoms with Crippen LogP contribution in [0, 0.1) is 0 Å². The molecule has 1 aliphatic heterocycles. The summed E-state index contributed by atoms with van der Waals surface area (Å²) in [5, 5.41) is 0. The number of nitrogens with zero attached hydrogens (tertiary/aromatic N) is 1. The van der Waals surface area contributed by atoms with Crippen LogP contribution < -0.4 is 0 Å². The molecular formula is C10H7N. The highest BCUT2D eigenvalue weighted by atomic mass is 14.7. The number of allylic oxidation sites excluding steroid dienone is 2. The number of fused-ring (bicyclic) bond motifs is 1. The zero-order valence-corrected chi connectivity index (χ0v) is 5.99. The summed E-state index contributed by atoms with van der Waals surface area (Å²) in [4.78, 5) is 4.12. The second-order valence-corrected chi connectivity index (χ2v) is 2.33. The van der Waals surface area contributed by atoms with Crippen LogP contribution >= 0.6 is 0 Å². The third-order valence-electron chi connectivity index (χ3n) is 1.57. The van der Waals surface area contributed by atoms with Gasteiger partial charge in [-0.05, 0) is 18.0 Å². The molecule has 0 saturated heterocycles. The summed E-state index contributed by atoms with van der Waals surface area (Å²) < 4.78 is 0. The standard InChI is InChI=1S/C10H7N/c1-2-7-10-9(5-1)6-3-4-8-11-10/h1-7H. The van der Waals surface area contributed by atoms with Crippen LogP contribution in [-0.2, 0) is 0 Å². The second-order valence-electron chi connectivity index (χ2n) is 2.33. The van der Waals surface area contributed by atoms with Crippen LogP contribution in [-0.4, -0.2) is 5.87 Å². The molecule has 0 N–H and O–H groups in total. The van der Waals surface area contributed by atoms with Gasteiger partial charge in [-0.2, -0.15) is 0 Å². The van der Waals surface area contributed by atoms with Gasteiger partial charge in [-0.25, -0.2) is 4.99 Å². The second kappa shape index (κ2) is 2.57. The Labute approximate surface area is 65.4 Å². The minimum absolute atomic E-state index is 0.984. The number of benzene rings is 1. The van der Waals surface area contributed by atoms with Crippen molar-refractivity contribution < 1.29 is 0 Å². The van der Waals surface area contributed by atoms with Gasteiger partial charge < -0.3 is 0 Å². The molecule has 0 atom stereocenters. The van der Waals surface area contributed by atoms with Crippen molar-refractivity contribution in [3.8, 4) is 0 Å². The van der Waals surface area contributed by atoms with Gasteiger partial charge in [0.15, 0.2) is 0 Å². The first-order chi connectivity index (χ1) is 5.47. The van der Waals surface area contributed by atoms with E-state index < -0.39 is 0 Å². The molecule has 0 amide bonds. The van der Waals surface area contributed by atoms with Crippen LogP contribution in [0.25, 0.3) is 6.08 Å². The molecule has 0 saturated carbocycles. The van der Waals surface area contributed by atoms with Crippen LogP contribution in [0.5, 0.6) is 0 Å². The number of hydrogen-bond acceptors (Lipinski definition) is 1. The van der Waals surface area contributed by atoms with Gasteiger partial charge in [0.05, 0.1) is 5.69 Å². The predicted octanol–water partition coefficient (Wildman–Crippen LogP) is 2.57. The summed E-state index contributed by atoms with van der Waals surface area (Å²) in [5.41, 5.74) is 2.13. The van der Waals surface area contributed by atoms with E-state index in [9.17, 15) is 0 Å². The lowest BCUT2D eigenvalue weighted by Crippen LogP contribution is -1.70. The number of hydrogen-bond donors (Lipinski definition) is 0. The molecule has 0 unspecified atom stereocenters. The number of rotatable bonds is 0. The number of aliphatic imine (C=N–C) groups is 1. The minimum atomic E-state index is 0.984. The van der Waals surface area contributed by atoms with Gasteiger partial charge in [-0.15, -0.1) is 0 Å². The Kier molecular flexibility index (Phi) is 1.43. The largest absolute Gasteiger partial charge is 0.206 e. The summed E-state index contributed by atoms with van der Waals surface area (Å²) in [5.74, 6) is 2.82. The molecule has 1 aromatic carbocycles. The predicted molar refractivity (Wildman–Crippen MR) is 47.1 cm³/mol. The van der Waals surface area contributed by atoms with Gasteiger partial charge in [-0.1, -0.05) is 30.4 Å². The van der Waals surface area contributed by atoms with E-state index in [0.717, 1.165) is 11.3 Å². The highest BCUT2D eigenvalue weighted by molar-refractivity contribution is 5.74.